The van der Waals surface area contributed by atoms with Crippen molar-refractivity contribution in [1.82, 2.24) is 15.5 Å². The lowest BCUT2D eigenvalue weighted by Crippen LogP contribution is -2.44. The maximum absolute atomic E-state index is 4.37. The number of hydrogen-bond acceptors (Lipinski definition) is 2. The molecule has 0 saturated heterocycles. The molecule has 0 aliphatic heterocycles. The van der Waals surface area contributed by atoms with E-state index in [4.69, 9.17) is 0 Å². The summed E-state index contributed by atoms with van der Waals surface area (Å²) in [6, 6.07) is 0.538. The molecule has 4 aliphatic rings. The monoisotopic (exact) mass is 273 g/mol. The lowest BCUT2D eigenvalue weighted by Gasteiger charge is -2.54. The first-order valence-electron chi connectivity index (χ1n) is 8.46. The minimum Gasteiger partial charge on any atom is -0.310 e. The zero-order chi connectivity index (χ0) is 13.7. The van der Waals surface area contributed by atoms with E-state index in [1.54, 1.807) is 0 Å². The summed E-state index contributed by atoms with van der Waals surface area (Å²) in [7, 11) is 0. The summed E-state index contributed by atoms with van der Waals surface area (Å²) >= 11 is 0. The minimum absolute atomic E-state index is 0.538. The van der Waals surface area contributed by atoms with Gasteiger partial charge >= 0.3 is 0 Å². The van der Waals surface area contributed by atoms with Crippen LogP contribution in [-0.2, 0) is 6.54 Å². The third kappa shape index (κ3) is 2.11. The lowest BCUT2D eigenvalue weighted by molar-refractivity contribution is -0.00447. The molecule has 2 N–H and O–H groups in total. The van der Waals surface area contributed by atoms with Crippen LogP contribution in [0.3, 0.4) is 0 Å². The van der Waals surface area contributed by atoms with Gasteiger partial charge in [-0.25, -0.2) is 0 Å². The SMILES string of the molecule is CC(C)NCc1cn[nH]c1C1C2CC3CC(C2)CC1C3. The van der Waals surface area contributed by atoms with Crippen molar-refractivity contribution in [3.63, 3.8) is 0 Å². The number of aromatic nitrogens is 2. The smallest absolute Gasteiger partial charge is 0.0535 e. The molecule has 4 saturated carbocycles. The van der Waals surface area contributed by atoms with E-state index in [1.165, 1.54) is 43.4 Å². The fraction of sp³-hybridized carbons (Fsp3) is 0.824. The molecule has 5 rings (SSSR count). The highest BCUT2D eigenvalue weighted by molar-refractivity contribution is 5.25. The molecule has 0 aromatic carbocycles. The van der Waals surface area contributed by atoms with Crippen molar-refractivity contribution in [3.05, 3.63) is 17.5 Å². The summed E-state index contributed by atoms with van der Waals surface area (Å²) < 4.78 is 0. The second-order valence-corrected chi connectivity index (χ2v) is 7.80. The maximum Gasteiger partial charge on any atom is 0.0535 e. The highest BCUT2D eigenvalue weighted by atomic mass is 15.1. The van der Waals surface area contributed by atoms with E-state index in [2.05, 4.69) is 35.6 Å². The molecule has 4 bridgehead atoms. The van der Waals surface area contributed by atoms with Gasteiger partial charge in [0, 0.05) is 29.8 Å². The van der Waals surface area contributed by atoms with Crippen molar-refractivity contribution in [2.45, 2.75) is 64.5 Å². The van der Waals surface area contributed by atoms with Gasteiger partial charge in [-0.2, -0.15) is 5.10 Å². The zero-order valence-electron chi connectivity index (χ0n) is 12.7. The Morgan fingerprint density at radius 1 is 1.15 bits per heavy atom. The lowest BCUT2D eigenvalue weighted by atomic mass is 9.51. The molecule has 1 aromatic rings. The fourth-order valence-corrected chi connectivity index (χ4v) is 5.46. The van der Waals surface area contributed by atoms with Crippen LogP contribution in [0.1, 0.15) is 63.1 Å². The molecule has 4 fully saturated rings. The number of nitrogens with zero attached hydrogens (tertiary/aromatic N) is 1. The van der Waals surface area contributed by atoms with Gasteiger partial charge in [0.15, 0.2) is 0 Å². The standard InChI is InChI=1S/C17H27N3/c1-10(2)18-8-15-9-19-20-17(15)16-13-4-11-3-12(6-13)7-14(16)5-11/h9-14,16,18H,3-8H2,1-2H3,(H,19,20). The predicted molar refractivity (Wildman–Crippen MR) is 80.3 cm³/mol. The number of H-pyrrole nitrogens is 1. The number of rotatable bonds is 4. The number of nitrogens with one attached hydrogen (secondary N) is 2. The van der Waals surface area contributed by atoms with Gasteiger partial charge < -0.3 is 5.32 Å². The molecule has 0 unspecified atom stereocenters. The Balaban J connectivity index is 1.57. The quantitative estimate of drug-likeness (QED) is 0.882. The Bertz CT molecular complexity index is 448. The van der Waals surface area contributed by atoms with Crippen LogP contribution in [0.2, 0.25) is 0 Å². The molecular formula is C17H27N3. The molecule has 1 aromatic heterocycles. The molecule has 0 amide bonds. The summed E-state index contributed by atoms with van der Waals surface area (Å²) in [6.07, 6.45) is 9.50. The van der Waals surface area contributed by atoms with Crippen LogP contribution in [0.25, 0.3) is 0 Å². The first-order valence-corrected chi connectivity index (χ1v) is 8.46. The Morgan fingerprint density at radius 2 is 1.80 bits per heavy atom. The molecule has 0 spiro atoms. The largest absolute Gasteiger partial charge is 0.310 e. The fourth-order valence-electron chi connectivity index (χ4n) is 5.46. The van der Waals surface area contributed by atoms with Gasteiger partial charge in [-0.1, -0.05) is 13.8 Å². The average molecular weight is 273 g/mol. The van der Waals surface area contributed by atoms with E-state index in [0.29, 0.717) is 6.04 Å². The van der Waals surface area contributed by atoms with E-state index in [0.717, 1.165) is 36.1 Å². The summed E-state index contributed by atoms with van der Waals surface area (Å²) in [5.41, 5.74) is 2.88. The third-order valence-corrected chi connectivity index (χ3v) is 6.01. The molecule has 0 radical (unpaired) electrons. The Hall–Kier alpha value is -0.830. The first kappa shape index (κ1) is 12.9. The zero-order valence-corrected chi connectivity index (χ0v) is 12.7. The summed E-state index contributed by atoms with van der Waals surface area (Å²) in [6.45, 7) is 5.39. The Kier molecular flexibility index (Phi) is 3.13. The Morgan fingerprint density at radius 3 is 2.40 bits per heavy atom. The van der Waals surface area contributed by atoms with E-state index in [1.807, 2.05) is 0 Å². The van der Waals surface area contributed by atoms with Gasteiger partial charge in [0.2, 0.25) is 0 Å². The van der Waals surface area contributed by atoms with Crippen molar-refractivity contribution in [1.29, 1.82) is 0 Å². The predicted octanol–water partition coefficient (Wildman–Crippen LogP) is 3.45. The number of aromatic amines is 1. The van der Waals surface area contributed by atoms with E-state index in [-0.39, 0.29) is 0 Å². The second-order valence-electron chi connectivity index (χ2n) is 7.80. The van der Waals surface area contributed by atoms with Crippen LogP contribution < -0.4 is 5.32 Å². The van der Waals surface area contributed by atoms with Crippen LogP contribution >= 0.6 is 0 Å². The maximum atomic E-state index is 4.37. The highest BCUT2D eigenvalue weighted by Gasteiger charge is 2.49. The van der Waals surface area contributed by atoms with Crippen molar-refractivity contribution >= 4 is 0 Å². The van der Waals surface area contributed by atoms with E-state index < -0.39 is 0 Å². The second kappa shape index (κ2) is 4.87. The minimum atomic E-state index is 0.538. The molecule has 20 heavy (non-hydrogen) atoms. The molecule has 0 atom stereocenters. The van der Waals surface area contributed by atoms with Crippen molar-refractivity contribution in [2.24, 2.45) is 23.7 Å². The summed E-state index contributed by atoms with van der Waals surface area (Å²) in [5, 5.41) is 11.3. The van der Waals surface area contributed by atoms with Gasteiger partial charge in [0.05, 0.1) is 6.20 Å². The molecule has 4 aliphatic carbocycles. The van der Waals surface area contributed by atoms with Crippen LogP contribution in [0.15, 0.2) is 6.20 Å². The molecule has 3 nitrogen and oxygen atoms in total. The van der Waals surface area contributed by atoms with Crippen molar-refractivity contribution in [3.8, 4) is 0 Å². The van der Waals surface area contributed by atoms with Gasteiger partial charge in [0.25, 0.3) is 0 Å². The van der Waals surface area contributed by atoms with Gasteiger partial charge in [-0.15, -0.1) is 0 Å². The average Bonchev–Trinajstić information content (AvgIpc) is 2.83. The number of hydrogen-bond donors (Lipinski definition) is 2. The van der Waals surface area contributed by atoms with Crippen LogP contribution in [0.4, 0.5) is 0 Å². The van der Waals surface area contributed by atoms with Gasteiger partial charge in [-0.3, -0.25) is 5.10 Å². The van der Waals surface area contributed by atoms with Crippen LogP contribution in [0, 0.1) is 23.7 Å². The molecule has 3 heteroatoms. The van der Waals surface area contributed by atoms with E-state index in [9.17, 15) is 0 Å². The summed E-state index contributed by atoms with van der Waals surface area (Å²) in [4.78, 5) is 0. The molecule has 1 heterocycles. The highest BCUT2D eigenvalue weighted by Crippen LogP contribution is 2.59. The molecular weight excluding hydrogens is 246 g/mol. The van der Waals surface area contributed by atoms with Crippen LogP contribution in [0.5, 0.6) is 0 Å². The summed E-state index contributed by atoms with van der Waals surface area (Å²) in [5.74, 6) is 4.74. The van der Waals surface area contributed by atoms with Crippen LogP contribution in [-0.4, -0.2) is 16.2 Å². The topological polar surface area (TPSA) is 40.7 Å². The van der Waals surface area contributed by atoms with Crippen molar-refractivity contribution in [2.75, 3.05) is 0 Å². The normalized spacial score (nSPS) is 38.9. The molecule has 110 valence electrons. The van der Waals surface area contributed by atoms with E-state index >= 15 is 0 Å². The van der Waals surface area contributed by atoms with Crippen molar-refractivity contribution < 1.29 is 0 Å². The third-order valence-electron chi connectivity index (χ3n) is 6.01. The Labute approximate surface area is 121 Å². The van der Waals surface area contributed by atoms with Gasteiger partial charge in [-0.05, 0) is 55.8 Å². The van der Waals surface area contributed by atoms with Gasteiger partial charge in [0.1, 0.15) is 0 Å². The first-order chi connectivity index (χ1) is 9.70.